The Bertz CT molecular complexity index is 687. The van der Waals surface area contributed by atoms with Crippen LogP contribution in [-0.2, 0) is 23.9 Å². The van der Waals surface area contributed by atoms with E-state index in [-0.39, 0.29) is 29.7 Å². The summed E-state index contributed by atoms with van der Waals surface area (Å²) in [5.41, 5.74) is 0.769. The maximum atomic E-state index is 12.5. The molecule has 0 unspecified atom stereocenters. The molecule has 0 fully saturated rings. The van der Waals surface area contributed by atoms with Gasteiger partial charge in [-0.3, -0.25) is 14.4 Å². The predicted molar refractivity (Wildman–Crippen MR) is 123 cm³/mol. The molecule has 6 heteroatoms. The van der Waals surface area contributed by atoms with Crippen molar-refractivity contribution in [2.45, 2.75) is 64.9 Å². The molecule has 0 aromatic carbocycles. The van der Waals surface area contributed by atoms with Crippen LogP contribution in [0.15, 0.2) is 45.6 Å². The number of allylic oxidation sites excluding steroid dienone is 6. The van der Waals surface area contributed by atoms with E-state index in [0.717, 1.165) is 34.8 Å². The van der Waals surface area contributed by atoms with Gasteiger partial charge in [0.05, 0.1) is 10.7 Å². The summed E-state index contributed by atoms with van der Waals surface area (Å²) in [7, 11) is 1.39. The molecule has 0 aromatic heterocycles. The average molecular weight is 514 g/mol. The summed E-state index contributed by atoms with van der Waals surface area (Å²) >= 11 is 2.08. The van der Waals surface area contributed by atoms with Crippen molar-refractivity contribution in [1.29, 1.82) is 0 Å². The second-order valence-electron chi connectivity index (χ2n) is 6.87. The van der Waals surface area contributed by atoms with Crippen molar-refractivity contribution >= 4 is 40.3 Å². The molecule has 0 amide bonds. The summed E-state index contributed by atoms with van der Waals surface area (Å²) in [6, 6.07) is 0. The highest BCUT2D eigenvalue weighted by atomic mass is 127. The van der Waals surface area contributed by atoms with Crippen molar-refractivity contribution in [3.63, 3.8) is 0 Å². The molecule has 0 spiro atoms. The topological polar surface area (TPSA) is 69.7 Å². The smallest absolute Gasteiger partial charge is 0.305 e. The molecular weight excluding hydrogens is 483 g/mol. The lowest BCUT2D eigenvalue weighted by Crippen LogP contribution is -2.15. The molecule has 1 aliphatic rings. The fourth-order valence-electron chi connectivity index (χ4n) is 3.01. The number of unbranched alkanes of at least 4 members (excludes halogenated alkanes) is 1. The van der Waals surface area contributed by atoms with Crippen molar-refractivity contribution in [3.8, 4) is 0 Å². The first-order valence-corrected chi connectivity index (χ1v) is 11.1. The fraction of sp³-hybridized carbons (Fsp3) is 0.522. The second kappa shape index (κ2) is 14.3. The molecule has 1 rings (SSSR count). The van der Waals surface area contributed by atoms with Gasteiger partial charge in [0.15, 0.2) is 5.78 Å². The SMILES string of the molecule is CC/C=C\C[C@@H](C/C=C1/C(=O)C(I)=C[C@@H]1C/C=C\CCCC(=O)OC)OC(C)=O. The number of hydrogen-bond donors (Lipinski definition) is 0. The number of hydrogen-bond acceptors (Lipinski definition) is 5. The summed E-state index contributed by atoms with van der Waals surface area (Å²) in [6.07, 6.45) is 16.6. The third-order valence-electron chi connectivity index (χ3n) is 4.50. The van der Waals surface area contributed by atoms with Crippen LogP contribution in [0.2, 0.25) is 0 Å². The van der Waals surface area contributed by atoms with Crippen LogP contribution in [0.5, 0.6) is 0 Å². The third kappa shape index (κ3) is 10.1. The number of halogens is 1. The molecule has 5 nitrogen and oxygen atoms in total. The Kier molecular flexibility index (Phi) is 12.5. The first kappa shape index (κ1) is 25.3. The number of rotatable bonds is 12. The highest BCUT2D eigenvalue weighted by Crippen LogP contribution is 2.33. The minimum atomic E-state index is -0.310. The zero-order chi connectivity index (χ0) is 21.6. The van der Waals surface area contributed by atoms with Crippen LogP contribution < -0.4 is 0 Å². The Morgan fingerprint density at radius 1 is 1.21 bits per heavy atom. The van der Waals surface area contributed by atoms with Crippen LogP contribution in [0.3, 0.4) is 0 Å². The van der Waals surface area contributed by atoms with Crippen molar-refractivity contribution < 1.29 is 23.9 Å². The lowest BCUT2D eigenvalue weighted by atomic mass is 9.96. The summed E-state index contributed by atoms with van der Waals surface area (Å²) in [5, 5.41) is 0. The number of ketones is 1. The number of ether oxygens (including phenoxy) is 2. The molecule has 0 N–H and O–H groups in total. The zero-order valence-corrected chi connectivity index (χ0v) is 19.6. The maximum Gasteiger partial charge on any atom is 0.305 e. The lowest BCUT2D eigenvalue weighted by molar-refractivity contribution is -0.146. The summed E-state index contributed by atoms with van der Waals surface area (Å²) in [4.78, 5) is 35.0. The van der Waals surface area contributed by atoms with E-state index >= 15 is 0 Å². The van der Waals surface area contributed by atoms with Gasteiger partial charge in [0.25, 0.3) is 0 Å². The lowest BCUT2D eigenvalue weighted by Gasteiger charge is -2.15. The van der Waals surface area contributed by atoms with Gasteiger partial charge in [-0.2, -0.15) is 0 Å². The largest absolute Gasteiger partial charge is 0.469 e. The summed E-state index contributed by atoms with van der Waals surface area (Å²) < 4.78 is 10.7. The molecule has 0 saturated carbocycles. The van der Waals surface area contributed by atoms with Gasteiger partial charge in [-0.1, -0.05) is 43.4 Å². The van der Waals surface area contributed by atoms with Crippen molar-refractivity contribution in [2.75, 3.05) is 7.11 Å². The quantitative estimate of drug-likeness (QED) is 0.115. The first-order valence-electron chi connectivity index (χ1n) is 10.0. The van der Waals surface area contributed by atoms with Crippen LogP contribution >= 0.6 is 22.6 Å². The van der Waals surface area contributed by atoms with Crippen molar-refractivity contribution in [1.82, 2.24) is 0 Å². The van der Waals surface area contributed by atoms with Gasteiger partial charge >= 0.3 is 11.9 Å². The van der Waals surface area contributed by atoms with E-state index in [0.29, 0.717) is 19.3 Å². The van der Waals surface area contributed by atoms with Crippen LogP contribution in [-0.4, -0.2) is 30.9 Å². The van der Waals surface area contributed by atoms with E-state index in [1.807, 2.05) is 30.4 Å². The third-order valence-corrected chi connectivity index (χ3v) is 5.35. The van der Waals surface area contributed by atoms with E-state index < -0.39 is 0 Å². The van der Waals surface area contributed by atoms with Crippen LogP contribution in [0.1, 0.15) is 58.8 Å². The molecule has 0 aromatic rings. The molecule has 160 valence electrons. The average Bonchev–Trinajstić information content (AvgIpc) is 2.95. The van der Waals surface area contributed by atoms with Gasteiger partial charge < -0.3 is 9.47 Å². The van der Waals surface area contributed by atoms with E-state index in [4.69, 9.17) is 4.74 Å². The molecule has 0 radical (unpaired) electrons. The normalized spacial score (nSPS) is 19.2. The van der Waals surface area contributed by atoms with E-state index in [2.05, 4.69) is 40.3 Å². The van der Waals surface area contributed by atoms with Gasteiger partial charge in [-0.25, -0.2) is 0 Å². The van der Waals surface area contributed by atoms with E-state index in [1.54, 1.807) is 0 Å². The predicted octanol–water partition coefficient (Wildman–Crippen LogP) is 5.40. The number of carbonyl (C=O) groups is 3. The monoisotopic (exact) mass is 514 g/mol. The Labute approximate surface area is 187 Å². The molecule has 0 aliphatic heterocycles. The molecule has 0 heterocycles. The molecule has 0 saturated heterocycles. The van der Waals surface area contributed by atoms with Crippen LogP contribution in [0.25, 0.3) is 0 Å². The summed E-state index contributed by atoms with van der Waals surface area (Å²) in [5.74, 6) is -0.412. The van der Waals surface area contributed by atoms with Crippen molar-refractivity contribution in [3.05, 3.63) is 45.6 Å². The highest BCUT2D eigenvalue weighted by molar-refractivity contribution is 14.1. The second-order valence-corrected chi connectivity index (χ2v) is 8.03. The molecule has 2 atom stereocenters. The van der Waals surface area contributed by atoms with Gasteiger partial charge in [0.2, 0.25) is 0 Å². The van der Waals surface area contributed by atoms with Crippen LogP contribution in [0.4, 0.5) is 0 Å². The fourth-order valence-corrected chi connectivity index (χ4v) is 3.76. The maximum absolute atomic E-state index is 12.5. The first-order chi connectivity index (χ1) is 13.9. The summed E-state index contributed by atoms with van der Waals surface area (Å²) in [6.45, 7) is 3.46. The number of methoxy groups -OCH3 is 1. The molecule has 0 bridgehead atoms. The van der Waals surface area contributed by atoms with Gasteiger partial charge in [-0.05, 0) is 48.3 Å². The minimum Gasteiger partial charge on any atom is -0.469 e. The molecule has 29 heavy (non-hydrogen) atoms. The highest BCUT2D eigenvalue weighted by Gasteiger charge is 2.27. The minimum absolute atomic E-state index is 0.0374. The Morgan fingerprint density at radius 2 is 1.97 bits per heavy atom. The Balaban J connectivity index is 2.67. The van der Waals surface area contributed by atoms with Gasteiger partial charge in [-0.15, -0.1) is 0 Å². The van der Waals surface area contributed by atoms with E-state index in [9.17, 15) is 14.4 Å². The molecule has 1 aliphatic carbocycles. The number of Topliss-reactive ketones (excluding diaryl/α,β-unsaturated/α-hetero) is 1. The Hall–Kier alpha value is -1.70. The zero-order valence-electron chi connectivity index (χ0n) is 17.5. The number of esters is 2. The molecular formula is C23H31IO5. The standard InChI is InChI=1S/C23H31IO5/c1-4-5-8-12-19(29-17(2)25)14-15-20-18(16-21(24)23(20)27)11-9-6-7-10-13-22(26)28-3/h5-6,8-9,15-16,18-19H,4,7,10-14H2,1-3H3/b8-5-,9-6-,20-15+/t18-,19-/m0/s1. The van der Waals surface area contributed by atoms with Gasteiger partial charge in [0.1, 0.15) is 6.10 Å². The van der Waals surface area contributed by atoms with Gasteiger partial charge in [0, 0.05) is 37.7 Å². The van der Waals surface area contributed by atoms with Crippen molar-refractivity contribution in [2.24, 2.45) is 5.92 Å². The Morgan fingerprint density at radius 3 is 2.62 bits per heavy atom. The van der Waals surface area contributed by atoms with E-state index in [1.165, 1.54) is 14.0 Å². The number of carbonyl (C=O) groups excluding carboxylic acids is 3. The van der Waals surface area contributed by atoms with Crippen LogP contribution in [0, 0.1) is 5.92 Å².